The van der Waals surface area contributed by atoms with E-state index in [1.807, 2.05) is 0 Å². The van der Waals surface area contributed by atoms with Crippen LogP contribution in [0.4, 0.5) is 22.0 Å². The lowest BCUT2D eigenvalue weighted by Gasteiger charge is -2.20. The van der Waals surface area contributed by atoms with E-state index in [4.69, 9.17) is 5.41 Å². The van der Waals surface area contributed by atoms with Gasteiger partial charge in [0.25, 0.3) is 5.91 Å². The predicted molar refractivity (Wildman–Crippen MR) is 136 cm³/mol. The lowest BCUT2D eigenvalue weighted by Crippen LogP contribution is -2.30. The number of alkyl halides is 3. The Labute approximate surface area is 226 Å². The Kier molecular flexibility index (Phi) is 7.11. The first kappa shape index (κ1) is 27.4. The number of hydrogen-bond donors (Lipinski definition) is 2. The van der Waals surface area contributed by atoms with E-state index >= 15 is 0 Å². The molecular weight excluding hydrogens is 531 g/mol. The molecule has 7 nitrogen and oxygen atoms in total. The van der Waals surface area contributed by atoms with Crippen LogP contribution < -0.4 is 10.9 Å². The summed E-state index contributed by atoms with van der Waals surface area (Å²) >= 11 is 0. The Balaban J connectivity index is 1.57. The Hall–Kier alpha value is -4.22. The average Bonchev–Trinajstić information content (AvgIpc) is 3.57. The molecule has 5 rings (SSSR count). The van der Waals surface area contributed by atoms with Crippen LogP contribution in [0.25, 0.3) is 11.1 Å². The number of nitrogens with one attached hydrogen (secondary N) is 2. The van der Waals surface area contributed by atoms with Crippen molar-refractivity contribution in [1.29, 1.82) is 5.41 Å². The van der Waals surface area contributed by atoms with Crippen molar-refractivity contribution in [3.8, 4) is 11.1 Å². The fourth-order valence-electron chi connectivity index (χ4n) is 4.76. The van der Waals surface area contributed by atoms with Gasteiger partial charge >= 0.3 is 6.18 Å². The molecule has 1 atom stereocenters. The fraction of sp³-hybridized carbons (Fsp3) is 0.321. The third-order valence-corrected chi connectivity index (χ3v) is 7.03. The van der Waals surface area contributed by atoms with Gasteiger partial charge in [0.15, 0.2) is 17.3 Å². The molecule has 1 unspecified atom stereocenters. The molecule has 2 aromatic heterocycles. The zero-order valence-electron chi connectivity index (χ0n) is 21.8. The average molecular weight is 559 g/mol. The molecule has 0 saturated heterocycles. The Morgan fingerprint density at radius 2 is 1.88 bits per heavy atom. The second-order valence-corrected chi connectivity index (χ2v) is 9.99. The summed E-state index contributed by atoms with van der Waals surface area (Å²) in [5.74, 6) is -2.56. The number of nitrogens with zero attached hydrogens (tertiary/aromatic N) is 4. The van der Waals surface area contributed by atoms with Crippen molar-refractivity contribution in [1.82, 2.24) is 24.2 Å². The minimum atomic E-state index is -4.72. The van der Waals surface area contributed by atoms with Gasteiger partial charge in [0, 0.05) is 43.3 Å². The van der Waals surface area contributed by atoms with Crippen LogP contribution in [-0.2, 0) is 26.3 Å². The van der Waals surface area contributed by atoms with Crippen molar-refractivity contribution in [3.05, 3.63) is 94.6 Å². The first-order chi connectivity index (χ1) is 18.9. The van der Waals surface area contributed by atoms with Gasteiger partial charge in [-0.2, -0.15) is 18.3 Å². The molecule has 12 heteroatoms. The van der Waals surface area contributed by atoms with Gasteiger partial charge in [0.05, 0.1) is 12.6 Å². The van der Waals surface area contributed by atoms with Crippen molar-refractivity contribution in [3.63, 3.8) is 0 Å². The number of hydrogen-bond acceptors (Lipinski definition) is 3. The lowest BCUT2D eigenvalue weighted by atomic mass is 9.98. The summed E-state index contributed by atoms with van der Waals surface area (Å²) in [7, 11) is 1.69. The molecule has 0 bridgehead atoms. The van der Waals surface area contributed by atoms with Crippen molar-refractivity contribution in [2.24, 2.45) is 13.0 Å². The van der Waals surface area contributed by atoms with Crippen LogP contribution in [0.2, 0.25) is 0 Å². The summed E-state index contributed by atoms with van der Waals surface area (Å²) < 4.78 is 73.6. The maximum absolute atomic E-state index is 14.0. The molecule has 1 fully saturated rings. The molecule has 1 aliphatic rings. The van der Waals surface area contributed by atoms with Crippen molar-refractivity contribution >= 4 is 5.91 Å². The van der Waals surface area contributed by atoms with E-state index in [0.29, 0.717) is 11.1 Å². The molecule has 2 aromatic carbocycles. The second-order valence-electron chi connectivity index (χ2n) is 9.99. The highest BCUT2D eigenvalue weighted by Gasteiger charge is 2.38. The molecule has 1 amide bonds. The fourth-order valence-corrected chi connectivity index (χ4v) is 4.76. The van der Waals surface area contributed by atoms with E-state index in [1.165, 1.54) is 23.0 Å². The minimum absolute atomic E-state index is 0.0295. The number of aryl methyl sites for hydroxylation is 2. The Morgan fingerprint density at radius 3 is 2.48 bits per heavy atom. The van der Waals surface area contributed by atoms with Crippen LogP contribution in [0.1, 0.15) is 53.0 Å². The molecule has 210 valence electrons. The molecule has 4 aromatic rings. The number of rotatable bonds is 8. The van der Waals surface area contributed by atoms with Gasteiger partial charge in [-0.1, -0.05) is 6.07 Å². The summed E-state index contributed by atoms with van der Waals surface area (Å²) in [6, 6.07) is 7.37. The first-order valence-electron chi connectivity index (χ1n) is 12.8. The second kappa shape index (κ2) is 10.4. The minimum Gasteiger partial charge on any atom is -0.345 e. The van der Waals surface area contributed by atoms with Crippen molar-refractivity contribution < 1.29 is 26.7 Å². The number of benzene rings is 2. The molecule has 0 aliphatic heterocycles. The van der Waals surface area contributed by atoms with Crippen molar-refractivity contribution in [2.75, 3.05) is 0 Å². The normalized spacial score (nSPS) is 14.4. The Morgan fingerprint density at radius 1 is 1.12 bits per heavy atom. The van der Waals surface area contributed by atoms with E-state index in [0.717, 1.165) is 25.0 Å². The van der Waals surface area contributed by atoms with E-state index < -0.39 is 35.5 Å². The SMILES string of the molecule is CCn1cc(-c2cc(Cn3ccn(C)c3=N)cc(C(=O)NC(c3ccc(F)c(F)c3)C3CC3)c2)c(C(F)(F)F)n1. The highest BCUT2D eigenvalue weighted by Crippen LogP contribution is 2.42. The largest absolute Gasteiger partial charge is 0.435 e. The third kappa shape index (κ3) is 5.56. The number of amides is 1. The number of carbonyl (C=O) groups is 1. The summed E-state index contributed by atoms with van der Waals surface area (Å²) in [5, 5.41) is 14.8. The van der Waals surface area contributed by atoms with Crippen LogP contribution in [0.5, 0.6) is 0 Å². The first-order valence-corrected chi connectivity index (χ1v) is 12.8. The lowest BCUT2D eigenvalue weighted by molar-refractivity contribution is -0.141. The number of halogens is 5. The summed E-state index contributed by atoms with van der Waals surface area (Å²) in [5.41, 5.74) is 0.0831. The van der Waals surface area contributed by atoms with Crippen LogP contribution in [0.3, 0.4) is 0 Å². The summed E-state index contributed by atoms with van der Waals surface area (Å²) in [4.78, 5) is 13.5. The molecular formula is C28H27F5N6O. The van der Waals surface area contributed by atoms with Gasteiger partial charge in [-0.05, 0) is 72.7 Å². The third-order valence-electron chi connectivity index (χ3n) is 7.03. The van der Waals surface area contributed by atoms with Crippen LogP contribution in [0.15, 0.2) is 55.0 Å². The molecule has 2 heterocycles. The molecule has 2 N–H and O–H groups in total. The molecule has 0 radical (unpaired) electrons. The number of carbonyl (C=O) groups excluding carboxylic acids is 1. The van der Waals surface area contributed by atoms with E-state index in [9.17, 15) is 26.7 Å². The summed E-state index contributed by atoms with van der Waals surface area (Å²) in [6.07, 6.45) is 1.49. The maximum Gasteiger partial charge on any atom is 0.435 e. The van der Waals surface area contributed by atoms with Gasteiger partial charge in [-0.25, -0.2) is 8.78 Å². The standard InChI is InChI=1S/C28H27F5N6O/c1-3-39-15-21(25(36-39)28(31,32)33)19-10-16(14-38-9-8-37(2)27(38)34)11-20(12-19)26(40)35-24(17-4-5-17)18-6-7-22(29)23(30)13-18/h6-13,15,17,24,34H,3-5,14H2,1-2H3,(H,35,40). The molecule has 1 saturated carbocycles. The zero-order chi connectivity index (χ0) is 28.8. The monoisotopic (exact) mass is 558 g/mol. The molecule has 1 aliphatic carbocycles. The van der Waals surface area contributed by atoms with Gasteiger partial charge in [-0.15, -0.1) is 0 Å². The Bertz CT molecular complexity index is 1630. The van der Waals surface area contributed by atoms with Gasteiger partial charge in [-0.3, -0.25) is 14.9 Å². The van der Waals surface area contributed by atoms with Gasteiger partial charge < -0.3 is 14.5 Å². The van der Waals surface area contributed by atoms with E-state index in [2.05, 4.69) is 10.4 Å². The topological polar surface area (TPSA) is 80.6 Å². The van der Waals surface area contributed by atoms with E-state index in [1.54, 1.807) is 47.6 Å². The quantitative estimate of drug-likeness (QED) is 0.284. The predicted octanol–water partition coefficient (Wildman–Crippen LogP) is 5.42. The van der Waals surface area contributed by atoms with Gasteiger partial charge in [0.1, 0.15) is 0 Å². The van der Waals surface area contributed by atoms with Crippen LogP contribution >= 0.6 is 0 Å². The highest BCUT2D eigenvalue weighted by molar-refractivity contribution is 5.96. The van der Waals surface area contributed by atoms with Crippen LogP contribution in [0, 0.1) is 23.0 Å². The molecule has 40 heavy (non-hydrogen) atoms. The zero-order valence-corrected chi connectivity index (χ0v) is 21.8. The van der Waals surface area contributed by atoms with Gasteiger partial charge in [0.2, 0.25) is 5.62 Å². The van der Waals surface area contributed by atoms with E-state index in [-0.39, 0.29) is 41.3 Å². The maximum atomic E-state index is 14.0. The highest BCUT2D eigenvalue weighted by atomic mass is 19.4. The molecule has 0 spiro atoms. The summed E-state index contributed by atoms with van der Waals surface area (Å²) in [6.45, 7) is 2.02. The number of imidazole rings is 1. The van der Waals surface area contributed by atoms with Crippen molar-refractivity contribution in [2.45, 2.75) is 45.1 Å². The smallest absolute Gasteiger partial charge is 0.345 e. The van der Waals surface area contributed by atoms with Crippen LogP contribution in [-0.4, -0.2) is 24.8 Å². The number of aromatic nitrogens is 4.